The van der Waals surface area contributed by atoms with E-state index in [4.69, 9.17) is 14.8 Å². The van der Waals surface area contributed by atoms with E-state index in [1.807, 2.05) is 6.08 Å². The van der Waals surface area contributed by atoms with Gasteiger partial charge in [-0.25, -0.2) is 4.39 Å². The maximum Gasteiger partial charge on any atom is 0.492 e. The highest BCUT2D eigenvalue weighted by Crippen LogP contribution is 2.11. The van der Waals surface area contributed by atoms with Gasteiger partial charge in [0.1, 0.15) is 11.6 Å². The minimum absolute atomic E-state index is 0.176. The number of hydrogen-bond donors (Lipinski definition) is 2. The number of hydrogen-bond acceptors (Lipinski definition) is 3. The first-order valence-corrected chi connectivity index (χ1v) is 5.54. The first-order valence-electron chi connectivity index (χ1n) is 5.54. The van der Waals surface area contributed by atoms with Crippen LogP contribution in [0.15, 0.2) is 30.9 Å². The lowest BCUT2D eigenvalue weighted by Gasteiger charge is -2.10. The third kappa shape index (κ3) is 4.59. The Labute approximate surface area is 101 Å². The molecule has 0 spiro atoms. The lowest BCUT2D eigenvalue weighted by Crippen LogP contribution is -2.31. The quantitative estimate of drug-likeness (QED) is 0.427. The Kier molecular flexibility index (Phi) is 5.73. The largest absolute Gasteiger partial charge is 0.494 e. The van der Waals surface area contributed by atoms with Gasteiger partial charge in [0, 0.05) is 11.5 Å². The maximum atomic E-state index is 13.0. The Bertz CT molecular complexity index is 369. The summed E-state index contributed by atoms with van der Waals surface area (Å²) < 4.78 is 18.3. The van der Waals surface area contributed by atoms with Gasteiger partial charge < -0.3 is 14.8 Å². The summed E-state index contributed by atoms with van der Waals surface area (Å²) in [7, 11) is -1.65. The van der Waals surface area contributed by atoms with Crippen LogP contribution in [0.1, 0.15) is 19.3 Å². The Morgan fingerprint density at radius 3 is 2.76 bits per heavy atom. The van der Waals surface area contributed by atoms with Crippen molar-refractivity contribution in [2.24, 2.45) is 0 Å². The normalized spacial score (nSPS) is 10.1. The Balaban J connectivity index is 2.56. The van der Waals surface area contributed by atoms with Gasteiger partial charge in [-0.2, -0.15) is 0 Å². The van der Waals surface area contributed by atoms with Crippen LogP contribution in [0.3, 0.4) is 0 Å². The molecule has 0 aliphatic rings. The molecular formula is C12H16BFO3. The molecule has 92 valence electrons. The fraction of sp³-hybridized carbons (Fsp3) is 0.333. The SMILES string of the molecule is C=CCCCCOc1cc(F)ccc1B(O)O. The fourth-order valence-corrected chi connectivity index (χ4v) is 1.42. The molecule has 0 saturated heterocycles. The predicted molar refractivity (Wildman–Crippen MR) is 65.8 cm³/mol. The molecule has 2 N–H and O–H groups in total. The second-order valence-corrected chi connectivity index (χ2v) is 3.69. The lowest BCUT2D eigenvalue weighted by molar-refractivity contribution is 0.306. The van der Waals surface area contributed by atoms with Gasteiger partial charge in [-0.1, -0.05) is 12.1 Å². The smallest absolute Gasteiger partial charge is 0.492 e. The standard InChI is InChI=1S/C12H16BFO3/c1-2-3-4-5-8-17-12-9-10(14)6-7-11(12)13(15)16/h2,6-7,9,15-16H,1,3-5,8H2. The molecule has 1 aromatic rings. The molecule has 0 aromatic heterocycles. The number of allylic oxidation sites excluding steroid dienone is 1. The monoisotopic (exact) mass is 238 g/mol. The van der Waals surface area contributed by atoms with Crippen LogP contribution < -0.4 is 10.2 Å². The molecule has 0 aliphatic carbocycles. The van der Waals surface area contributed by atoms with Crippen molar-refractivity contribution in [2.45, 2.75) is 19.3 Å². The predicted octanol–water partition coefficient (Wildman–Crippen LogP) is 1.24. The third-order valence-corrected chi connectivity index (χ3v) is 2.31. The number of rotatable bonds is 7. The molecule has 17 heavy (non-hydrogen) atoms. The van der Waals surface area contributed by atoms with E-state index in [0.717, 1.165) is 25.3 Å². The van der Waals surface area contributed by atoms with Crippen LogP contribution in [0, 0.1) is 5.82 Å². The molecule has 0 aliphatic heterocycles. The number of halogens is 1. The van der Waals surface area contributed by atoms with Gasteiger partial charge in [-0.05, 0) is 25.3 Å². The minimum atomic E-state index is -1.65. The molecule has 3 nitrogen and oxygen atoms in total. The second kappa shape index (κ2) is 7.09. The third-order valence-electron chi connectivity index (χ3n) is 2.31. The summed E-state index contributed by atoms with van der Waals surface area (Å²) in [6.45, 7) is 4.02. The van der Waals surface area contributed by atoms with Crippen LogP contribution >= 0.6 is 0 Å². The van der Waals surface area contributed by atoms with Crippen LogP contribution in [0.2, 0.25) is 0 Å². The van der Waals surface area contributed by atoms with Crippen LogP contribution in [-0.2, 0) is 0 Å². The zero-order chi connectivity index (χ0) is 12.7. The van der Waals surface area contributed by atoms with E-state index in [2.05, 4.69) is 6.58 Å². The van der Waals surface area contributed by atoms with Gasteiger partial charge in [0.25, 0.3) is 0 Å². The van der Waals surface area contributed by atoms with Crippen molar-refractivity contribution in [3.05, 3.63) is 36.7 Å². The van der Waals surface area contributed by atoms with E-state index in [9.17, 15) is 4.39 Å². The highest BCUT2D eigenvalue weighted by Gasteiger charge is 2.17. The van der Waals surface area contributed by atoms with E-state index in [-0.39, 0.29) is 11.2 Å². The van der Waals surface area contributed by atoms with Crippen LogP contribution in [0.4, 0.5) is 4.39 Å². The lowest BCUT2D eigenvalue weighted by atomic mass is 9.79. The number of unbranched alkanes of at least 4 members (excludes halogenated alkanes) is 2. The van der Waals surface area contributed by atoms with Crippen molar-refractivity contribution < 1.29 is 19.2 Å². The maximum absolute atomic E-state index is 13.0. The molecule has 0 saturated carbocycles. The van der Waals surface area contributed by atoms with Crippen LogP contribution in [-0.4, -0.2) is 23.8 Å². The summed E-state index contributed by atoms with van der Waals surface area (Å²) >= 11 is 0. The number of benzene rings is 1. The summed E-state index contributed by atoms with van der Waals surface area (Å²) in [6.07, 6.45) is 4.48. The summed E-state index contributed by atoms with van der Waals surface area (Å²) in [6, 6.07) is 3.63. The van der Waals surface area contributed by atoms with E-state index in [0.29, 0.717) is 6.61 Å². The van der Waals surface area contributed by atoms with E-state index in [1.165, 1.54) is 12.1 Å². The van der Waals surface area contributed by atoms with Crippen molar-refractivity contribution >= 4 is 12.6 Å². The second-order valence-electron chi connectivity index (χ2n) is 3.69. The van der Waals surface area contributed by atoms with Gasteiger partial charge in [0.15, 0.2) is 0 Å². The molecule has 0 radical (unpaired) electrons. The molecule has 0 fully saturated rings. The summed E-state index contributed by atoms with van der Waals surface area (Å²) in [5.74, 6) is -0.283. The van der Waals surface area contributed by atoms with Crippen LogP contribution in [0.25, 0.3) is 0 Å². The van der Waals surface area contributed by atoms with E-state index in [1.54, 1.807) is 0 Å². The fourth-order valence-electron chi connectivity index (χ4n) is 1.42. The zero-order valence-electron chi connectivity index (χ0n) is 9.60. The molecule has 0 amide bonds. The number of ether oxygens (including phenoxy) is 1. The van der Waals surface area contributed by atoms with Gasteiger partial charge in [-0.15, -0.1) is 6.58 Å². The minimum Gasteiger partial charge on any atom is -0.494 e. The van der Waals surface area contributed by atoms with E-state index < -0.39 is 12.9 Å². The molecule has 5 heteroatoms. The first kappa shape index (κ1) is 13.7. The Morgan fingerprint density at radius 1 is 1.35 bits per heavy atom. The van der Waals surface area contributed by atoms with Crippen LogP contribution in [0.5, 0.6) is 5.75 Å². The van der Waals surface area contributed by atoms with Gasteiger partial charge in [0.2, 0.25) is 0 Å². The Morgan fingerprint density at radius 2 is 2.12 bits per heavy atom. The molecular weight excluding hydrogens is 222 g/mol. The molecule has 1 aromatic carbocycles. The highest BCUT2D eigenvalue weighted by molar-refractivity contribution is 6.59. The molecule has 0 atom stereocenters. The van der Waals surface area contributed by atoms with Crippen molar-refractivity contribution in [1.29, 1.82) is 0 Å². The van der Waals surface area contributed by atoms with E-state index >= 15 is 0 Å². The van der Waals surface area contributed by atoms with Crippen molar-refractivity contribution in [2.75, 3.05) is 6.61 Å². The summed E-state index contributed by atoms with van der Waals surface area (Å²) in [5.41, 5.74) is 0.176. The summed E-state index contributed by atoms with van der Waals surface area (Å²) in [5, 5.41) is 18.2. The average molecular weight is 238 g/mol. The average Bonchev–Trinajstić information content (AvgIpc) is 2.28. The molecule has 0 heterocycles. The van der Waals surface area contributed by atoms with Crippen molar-refractivity contribution in [3.8, 4) is 5.75 Å². The topological polar surface area (TPSA) is 49.7 Å². The molecule has 0 unspecified atom stereocenters. The Hall–Kier alpha value is -1.33. The van der Waals surface area contributed by atoms with Crippen molar-refractivity contribution in [1.82, 2.24) is 0 Å². The molecule has 0 bridgehead atoms. The van der Waals surface area contributed by atoms with Gasteiger partial charge in [-0.3, -0.25) is 0 Å². The summed E-state index contributed by atoms with van der Waals surface area (Å²) in [4.78, 5) is 0. The first-order chi connectivity index (χ1) is 8.15. The van der Waals surface area contributed by atoms with Gasteiger partial charge >= 0.3 is 7.12 Å². The molecule has 1 rings (SSSR count). The highest BCUT2D eigenvalue weighted by atomic mass is 19.1. The van der Waals surface area contributed by atoms with Crippen molar-refractivity contribution in [3.63, 3.8) is 0 Å². The zero-order valence-corrected chi connectivity index (χ0v) is 9.60. The van der Waals surface area contributed by atoms with Gasteiger partial charge in [0.05, 0.1) is 6.61 Å².